The third-order valence-electron chi connectivity index (χ3n) is 6.76. The van der Waals surface area contributed by atoms with Gasteiger partial charge in [0.1, 0.15) is 23.4 Å². The van der Waals surface area contributed by atoms with Crippen LogP contribution in [0.25, 0.3) is 0 Å². The molecule has 1 aliphatic rings. The van der Waals surface area contributed by atoms with Crippen molar-refractivity contribution in [2.24, 2.45) is 5.92 Å². The van der Waals surface area contributed by atoms with E-state index in [1.54, 1.807) is 56.7 Å². The lowest BCUT2D eigenvalue weighted by Crippen LogP contribution is -2.57. The van der Waals surface area contributed by atoms with Crippen molar-refractivity contribution in [3.63, 3.8) is 0 Å². The number of nitrogens with one attached hydrogen (secondary N) is 1. The third-order valence-corrected chi connectivity index (χ3v) is 6.76. The van der Waals surface area contributed by atoms with E-state index in [0.29, 0.717) is 17.1 Å². The van der Waals surface area contributed by atoms with Crippen LogP contribution in [0.2, 0.25) is 0 Å². The van der Waals surface area contributed by atoms with Crippen LogP contribution in [0.1, 0.15) is 53.5 Å². The molecule has 2 aromatic carbocycles. The van der Waals surface area contributed by atoms with E-state index < -0.39 is 29.7 Å². The number of carbonyl (C=O) groups excluding carboxylic acids is 4. The molecule has 1 heterocycles. The van der Waals surface area contributed by atoms with Crippen molar-refractivity contribution in [1.82, 2.24) is 10.2 Å². The van der Waals surface area contributed by atoms with Gasteiger partial charge in [-0.25, -0.2) is 4.79 Å². The molecule has 0 fully saturated rings. The summed E-state index contributed by atoms with van der Waals surface area (Å²) in [6.45, 7) is 10.8. The molecule has 10 nitrogen and oxygen atoms in total. The molecule has 3 rings (SSSR count). The van der Waals surface area contributed by atoms with Crippen LogP contribution in [0, 0.1) is 5.92 Å². The molecule has 0 bridgehead atoms. The molecule has 222 valence electrons. The molecule has 0 spiro atoms. The van der Waals surface area contributed by atoms with E-state index in [1.165, 1.54) is 11.9 Å². The topological polar surface area (TPSA) is 108 Å². The number of nitrogens with zero attached hydrogens (tertiary/aromatic N) is 3. The number of methoxy groups -OCH3 is 1. The lowest BCUT2D eigenvalue weighted by Gasteiger charge is -2.30. The lowest BCUT2D eigenvalue weighted by atomic mass is 10.1. The number of hydrogen-bond donors (Lipinski definition) is 1. The Labute approximate surface area is 242 Å². The number of hydrogen-bond acceptors (Lipinski definition) is 6. The lowest BCUT2D eigenvalue weighted by molar-refractivity contribution is -0.130. The van der Waals surface area contributed by atoms with Gasteiger partial charge in [-0.05, 0) is 51.8 Å². The highest BCUT2D eigenvalue weighted by Crippen LogP contribution is 2.35. The molecule has 0 saturated carbocycles. The number of amides is 4. The van der Waals surface area contributed by atoms with Crippen LogP contribution in [0.3, 0.4) is 0 Å². The van der Waals surface area contributed by atoms with E-state index in [2.05, 4.69) is 5.32 Å². The van der Waals surface area contributed by atoms with Crippen LogP contribution in [-0.2, 0) is 25.7 Å². The first kappa shape index (κ1) is 31.4. The zero-order valence-corrected chi connectivity index (χ0v) is 25.3. The molecule has 1 aliphatic heterocycles. The quantitative estimate of drug-likeness (QED) is 0.509. The minimum atomic E-state index is -1.07. The van der Waals surface area contributed by atoms with Crippen LogP contribution in [-0.4, -0.2) is 67.1 Å². The summed E-state index contributed by atoms with van der Waals surface area (Å²) < 4.78 is 10.9. The first-order valence-corrected chi connectivity index (χ1v) is 13.8. The Hall–Kier alpha value is -4.08. The van der Waals surface area contributed by atoms with E-state index in [4.69, 9.17) is 9.47 Å². The molecular formula is C31H42N4O6. The highest BCUT2D eigenvalue weighted by molar-refractivity contribution is 6.08. The first-order valence-electron chi connectivity index (χ1n) is 13.8. The van der Waals surface area contributed by atoms with Gasteiger partial charge in [0, 0.05) is 19.0 Å². The number of benzene rings is 2. The molecule has 0 radical (unpaired) electrons. The van der Waals surface area contributed by atoms with Crippen molar-refractivity contribution in [3.8, 4) is 5.75 Å². The van der Waals surface area contributed by atoms with Crippen LogP contribution in [0.4, 0.5) is 16.2 Å². The van der Waals surface area contributed by atoms with Gasteiger partial charge in [-0.3, -0.25) is 19.3 Å². The normalized spacial score (nSPS) is 16.0. The molecule has 0 saturated heterocycles. The summed E-state index contributed by atoms with van der Waals surface area (Å²) in [5.41, 5.74) is 1.16. The summed E-state index contributed by atoms with van der Waals surface area (Å²) >= 11 is 0. The molecule has 2 aromatic rings. The highest BCUT2D eigenvalue weighted by Gasteiger charge is 2.38. The minimum absolute atomic E-state index is 0.0571. The Morgan fingerprint density at radius 3 is 2.24 bits per heavy atom. The number of likely N-dealkylation sites (N-methyl/N-ethyl adjacent to an activating group) is 1. The molecule has 0 aliphatic carbocycles. The van der Waals surface area contributed by atoms with E-state index in [1.807, 2.05) is 50.2 Å². The predicted octanol–water partition coefficient (Wildman–Crippen LogP) is 4.36. The smallest absolute Gasteiger partial charge is 0.410 e. The van der Waals surface area contributed by atoms with Crippen LogP contribution in [0.15, 0.2) is 48.5 Å². The van der Waals surface area contributed by atoms with E-state index in [9.17, 15) is 19.2 Å². The summed E-state index contributed by atoms with van der Waals surface area (Å²) in [5.74, 6) is -0.380. The van der Waals surface area contributed by atoms with Gasteiger partial charge < -0.3 is 24.6 Å². The van der Waals surface area contributed by atoms with Gasteiger partial charge in [0.25, 0.3) is 5.91 Å². The second-order valence-electron chi connectivity index (χ2n) is 11.7. The van der Waals surface area contributed by atoms with Crippen molar-refractivity contribution in [3.05, 3.63) is 54.1 Å². The van der Waals surface area contributed by atoms with Crippen LogP contribution in [0.5, 0.6) is 5.75 Å². The summed E-state index contributed by atoms with van der Waals surface area (Å²) in [6.07, 6.45) is -0.390. The molecule has 1 unspecified atom stereocenters. The van der Waals surface area contributed by atoms with Crippen LogP contribution < -0.4 is 19.9 Å². The van der Waals surface area contributed by atoms with Crippen molar-refractivity contribution in [1.29, 1.82) is 0 Å². The summed E-state index contributed by atoms with van der Waals surface area (Å²) in [4.78, 5) is 58.0. The van der Waals surface area contributed by atoms with Gasteiger partial charge in [-0.2, -0.15) is 0 Å². The maximum atomic E-state index is 14.2. The minimum Gasteiger partial charge on any atom is -0.496 e. The molecular weight excluding hydrogens is 524 g/mol. The maximum Gasteiger partial charge on any atom is 0.410 e. The number of rotatable bonds is 8. The maximum absolute atomic E-state index is 14.2. The monoisotopic (exact) mass is 566 g/mol. The number of para-hydroxylation sites is 3. The average Bonchev–Trinajstić information content (AvgIpc) is 3.01. The second kappa shape index (κ2) is 13.1. The highest BCUT2D eigenvalue weighted by atomic mass is 16.6. The van der Waals surface area contributed by atoms with Crippen LogP contribution >= 0.6 is 0 Å². The zero-order valence-electron chi connectivity index (χ0n) is 25.3. The Kier molecular flexibility index (Phi) is 10.0. The van der Waals surface area contributed by atoms with E-state index >= 15 is 0 Å². The number of fused-ring (bicyclic) bond motifs is 1. The fourth-order valence-corrected chi connectivity index (χ4v) is 4.52. The molecule has 41 heavy (non-hydrogen) atoms. The molecule has 0 aromatic heterocycles. The Balaban J connectivity index is 2.00. The molecule has 4 amide bonds. The Morgan fingerprint density at radius 1 is 1.02 bits per heavy atom. The average molecular weight is 567 g/mol. The summed E-state index contributed by atoms with van der Waals surface area (Å²) in [5, 5.41) is 2.82. The Morgan fingerprint density at radius 2 is 1.63 bits per heavy atom. The predicted molar refractivity (Wildman–Crippen MR) is 158 cm³/mol. The SMILES string of the molecule is COc1ccccc1CN1C(=O)[C@@H](NC(=O)C(C)N(C)C(=O)OC(C)(C)C)CN(C(=O)CC(C)C)c2ccccc21. The van der Waals surface area contributed by atoms with Crippen molar-refractivity contribution < 1.29 is 28.7 Å². The first-order chi connectivity index (χ1) is 19.2. The molecule has 10 heteroatoms. The number of ether oxygens (including phenoxy) is 2. The standard InChI is InChI=1S/C31H42N4O6/c1-20(2)17-27(36)34-19-23(32-28(37)21(3)33(7)30(39)41-31(4,5)6)29(38)35(25-15-11-10-14-24(25)34)18-22-13-9-12-16-26(22)40-8/h9-16,20-21,23H,17-19H2,1-8H3,(H,32,37)/t21?,23-/m0/s1. The van der Waals surface area contributed by atoms with Crippen molar-refractivity contribution >= 4 is 35.2 Å². The van der Waals surface area contributed by atoms with Crippen molar-refractivity contribution in [2.45, 2.75) is 72.2 Å². The van der Waals surface area contributed by atoms with Crippen molar-refractivity contribution in [2.75, 3.05) is 30.5 Å². The zero-order chi connectivity index (χ0) is 30.5. The van der Waals surface area contributed by atoms with E-state index in [-0.39, 0.29) is 37.2 Å². The van der Waals surface area contributed by atoms with E-state index in [0.717, 1.165) is 5.56 Å². The summed E-state index contributed by atoms with van der Waals surface area (Å²) in [6, 6.07) is 12.6. The summed E-state index contributed by atoms with van der Waals surface area (Å²) in [7, 11) is 3.03. The van der Waals surface area contributed by atoms with Gasteiger partial charge in [-0.15, -0.1) is 0 Å². The van der Waals surface area contributed by atoms with Gasteiger partial charge >= 0.3 is 6.09 Å². The second-order valence-corrected chi connectivity index (χ2v) is 11.7. The molecule has 1 N–H and O–H groups in total. The Bertz CT molecular complexity index is 1270. The molecule has 2 atom stereocenters. The van der Waals surface area contributed by atoms with Gasteiger partial charge in [0.2, 0.25) is 11.8 Å². The fraction of sp³-hybridized carbons (Fsp3) is 0.484. The number of anilines is 2. The fourth-order valence-electron chi connectivity index (χ4n) is 4.52. The van der Waals surface area contributed by atoms with Gasteiger partial charge in [-0.1, -0.05) is 44.2 Å². The van der Waals surface area contributed by atoms with Gasteiger partial charge in [0.05, 0.1) is 31.6 Å². The van der Waals surface area contributed by atoms with Gasteiger partial charge in [0.15, 0.2) is 0 Å². The third kappa shape index (κ3) is 7.77. The largest absolute Gasteiger partial charge is 0.496 e. The number of carbonyl (C=O) groups is 4.